The van der Waals surface area contributed by atoms with Crippen LogP contribution >= 0.6 is 0 Å². The molecule has 0 bridgehead atoms. The zero-order valence-electron chi connectivity index (χ0n) is 13.1. The maximum Gasteiger partial charge on any atom is 0.223 e. The van der Waals surface area contributed by atoms with Gasteiger partial charge in [-0.3, -0.25) is 9.59 Å². The van der Waals surface area contributed by atoms with Crippen LogP contribution in [-0.2, 0) is 9.59 Å². The smallest absolute Gasteiger partial charge is 0.223 e. The number of amides is 2. The van der Waals surface area contributed by atoms with Crippen LogP contribution in [0.25, 0.3) is 0 Å². The highest BCUT2D eigenvalue weighted by Crippen LogP contribution is 2.20. The molecule has 1 saturated heterocycles. The van der Waals surface area contributed by atoms with Crippen molar-refractivity contribution < 1.29 is 9.59 Å². The molecule has 0 radical (unpaired) electrons. The minimum absolute atomic E-state index is 0.00210. The third-order valence-electron chi connectivity index (χ3n) is 4.15. The number of carbonyl (C=O) groups excluding carboxylic acids is 2. The molecule has 0 saturated carbocycles. The molecule has 0 aromatic heterocycles. The van der Waals surface area contributed by atoms with Crippen LogP contribution in [0.15, 0.2) is 0 Å². The van der Waals surface area contributed by atoms with Gasteiger partial charge >= 0.3 is 0 Å². The summed E-state index contributed by atoms with van der Waals surface area (Å²) in [7, 11) is 0. The monoisotopic (exact) mass is 283 g/mol. The van der Waals surface area contributed by atoms with E-state index in [1.807, 2.05) is 25.7 Å². The summed E-state index contributed by atoms with van der Waals surface area (Å²) >= 11 is 0. The number of carbonyl (C=O) groups is 2. The lowest BCUT2D eigenvalue weighted by molar-refractivity contribution is -0.139. The minimum Gasteiger partial charge on any atom is -0.343 e. The molecule has 0 spiro atoms. The predicted molar refractivity (Wildman–Crippen MR) is 80.2 cm³/mol. The van der Waals surface area contributed by atoms with Crippen LogP contribution in [0, 0.1) is 0 Å². The van der Waals surface area contributed by atoms with Gasteiger partial charge in [0, 0.05) is 44.6 Å². The molecule has 0 aromatic rings. The highest BCUT2D eigenvalue weighted by molar-refractivity contribution is 5.84. The normalized spacial score (nSPS) is 20.6. The van der Waals surface area contributed by atoms with Crippen molar-refractivity contribution in [1.29, 1.82) is 0 Å². The number of nitrogens with two attached hydrogens (primary N) is 1. The molecule has 0 aliphatic carbocycles. The van der Waals surface area contributed by atoms with Crippen LogP contribution in [0.4, 0.5) is 0 Å². The van der Waals surface area contributed by atoms with Gasteiger partial charge in [0.25, 0.3) is 0 Å². The first-order valence-electron chi connectivity index (χ1n) is 7.84. The van der Waals surface area contributed by atoms with Crippen molar-refractivity contribution in [3.05, 3.63) is 0 Å². The number of piperidine rings is 1. The van der Waals surface area contributed by atoms with Crippen molar-refractivity contribution in [2.45, 2.75) is 65.0 Å². The third-order valence-corrected chi connectivity index (χ3v) is 4.15. The van der Waals surface area contributed by atoms with E-state index in [4.69, 9.17) is 5.73 Å². The van der Waals surface area contributed by atoms with Gasteiger partial charge in [-0.1, -0.05) is 0 Å². The minimum atomic E-state index is -0.00210. The standard InChI is InChI=1S/C15H29N3O2/c1-4-17(5-2)14(19)9-10-15(20)18-11-7-6-8-13(18)12(3)16/h12-13H,4-11,16H2,1-3H3. The first kappa shape index (κ1) is 17.0. The Kier molecular flexibility index (Phi) is 6.99. The van der Waals surface area contributed by atoms with Crippen molar-refractivity contribution >= 4 is 11.8 Å². The maximum absolute atomic E-state index is 12.3. The number of rotatable bonds is 6. The second kappa shape index (κ2) is 8.25. The second-order valence-electron chi connectivity index (χ2n) is 5.58. The molecule has 5 nitrogen and oxygen atoms in total. The molecule has 2 atom stereocenters. The Balaban J connectivity index is 2.50. The van der Waals surface area contributed by atoms with E-state index < -0.39 is 0 Å². The van der Waals surface area contributed by atoms with Gasteiger partial charge in [0.05, 0.1) is 0 Å². The van der Waals surface area contributed by atoms with Gasteiger partial charge in [-0.15, -0.1) is 0 Å². The van der Waals surface area contributed by atoms with Crippen LogP contribution in [0.2, 0.25) is 0 Å². The van der Waals surface area contributed by atoms with Crippen molar-refractivity contribution in [1.82, 2.24) is 9.80 Å². The Morgan fingerprint density at radius 2 is 1.90 bits per heavy atom. The van der Waals surface area contributed by atoms with Crippen molar-refractivity contribution in [3.8, 4) is 0 Å². The average molecular weight is 283 g/mol. The quantitative estimate of drug-likeness (QED) is 0.800. The first-order valence-corrected chi connectivity index (χ1v) is 7.84. The Morgan fingerprint density at radius 1 is 1.25 bits per heavy atom. The first-order chi connectivity index (χ1) is 9.51. The summed E-state index contributed by atoms with van der Waals surface area (Å²) in [5.41, 5.74) is 5.97. The summed E-state index contributed by atoms with van der Waals surface area (Å²) in [5.74, 6) is 0.144. The van der Waals surface area contributed by atoms with E-state index in [1.165, 1.54) is 0 Å². The molecule has 1 rings (SSSR count). The molecule has 2 unspecified atom stereocenters. The van der Waals surface area contributed by atoms with Gasteiger partial charge in [-0.25, -0.2) is 0 Å². The summed E-state index contributed by atoms with van der Waals surface area (Å²) in [5, 5.41) is 0. The molecule has 1 heterocycles. The molecule has 1 aliphatic heterocycles. The summed E-state index contributed by atoms with van der Waals surface area (Å²) in [6.45, 7) is 8.06. The number of nitrogens with zero attached hydrogens (tertiary/aromatic N) is 2. The van der Waals surface area contributed by atoms with Crippen LogP contribution < -0.4 is 5.73 Å². The van der Waals surface area contributed by atoms with Gasteiger partial charge in [-0.05, 0) is 40.0 Å². The fourth-order valence-electron chi connectivity index (χ4n) is 2.91. The Morgan fingerprint density at radius 3 is 2.45 bits per heavy atom. The van der Waals surface area contributed by atoms with Crippen molar-refractivity contribution in [3.63, 3.8) is 0 Å². The number of hydrogen-bond donors (Lipinski definition) is 1. The third kappa shape index (κ3) is 4.47. The molecule has 116 valence electrons. The van der Waals surface area contributed by atoms with Crippen LogP contribution in [0.1, 0.15) is 52.9 Å². The summed E-state index contributed by atoms with van der Waals surface area (Å²) in [4.78, 5) is 27.9. The molecular formula is C15H29N3O2. The molecule has 20 heavy (non-hydrogen) atoms. The van der Waals surface area contributed by atoms with Crippen LogP contribution in [0.5, 0.6) is 0 Å². The topological polar surface area (TPSA) is 66.6 Å². The number of likely N-dealkylation sites (tertiary alicyclic amines) is 1. The van der Waals surface area contributed by atoms with E-state index in [9.17, 15) is 9.59 Å². The lowest BCUT2D eigenvalue weighted by Gasteiger charge is -2.38. The van der Waals surface area contributed by atoms with E-state index in [1.54, 1.807) is 4.90 Å². The van der Waals surface area contributed by atoms with Gasteiger partial charge < -0.3 is 15.5 Å². The molecular weight excluding hydrogens is 254 g/mol. The zero-order valence-corrected chi connectivity index (χ0v) is 13.1. The summed E-state index contributed by atoms with van der Waals surface area (Å²) < 4.78 is 0. The largest absolute Gasteiger partial charge is 0.343 e. The van der Waals surface area contributed by atoms with E-state index in [0.29, 0.717) is 25.9 Å². The molecule has 2 N–H and O–H groups in total. The van der Waals surface area contributed by atoms with E-state index in [-0.39, 0.29) is 23.9 Å². The highest BCUT2D eigenvalue weighted by Gasteiger charge is 2.29. The fourth-order valence-corrected chi connectivity index (χ4v) is 2.91. The summed E-state index contributed by atoms with van der Waals surface area (Å²) in [6.07, 6.45) is 3.77. The maximum atomic E-state index is 12.3. The lowest BCUT2D eigenvalue weighted by atomic mass is 9.96. The zero-order chi connectivity index (χ0) is 15.1. The van der Waals surface area contributed by atoms with Crippen molar-refractivity contribution in [2.24, 2.45) is 5.73 Å². The Labute approximate surface area is 122 Å². The van der Waals surface area contributed by atoms with E-state index >= 15 is 0 Å². The van der Waals surface area contributed by atoms with Gasteiger partial charge in [0.15, 0.2) is 0 Å². The second-order valence-corrected chi connectivity index (χ2v) is 5.58. The predicted octanol–water partition coefficient (Wildman–Crippen LogP) is 1.36. The number of hydrogen-bond acceptors (Lipinski definition) is 3. The average Bonchev–Trinajstić information content (AvgIpc) is 2.46. The Bertz CT molecular complexity index is 327. The van der Waals surface area contributed by atoms with Crippen molar-refractivity contribution in [2.75, 3.05) is 19.6 Å². The van der Waals surface area contributed by atoms with Gasteiger partial charge in [-0.2, -0.15) is 0 Å². The fraction of sp³-hybridized carbons (Fsp3) is 0.867. The SMILES string of the molecule is CCN(CC)C(=O)CCC(=O)N1CCCCC1C(C)N. The summed E-state index contributed by atoms with van der Waals surface area (Å²) in [6, 6.07) is 0.137. The molecule has 0 aromatic carbocycles. The van der Waals surface area contributed by atoms with Crippen LogP contribution in [0.3, 0.4) is 0 Å². The molecule has 1 aliphatic rings. The van der Waals surface area contributed by atoms with Crippen LogP contribution in [-0.4, -0.2) is 53.3 Å². The molecule has 5 heteroatoms. The van der Waals surface area contributed by atoms with Gasteiger partial charge in [0.2, 0.25) is 11.8 Å². The molecule has 1 fully saturated rings. The van der Waals surface area contributed by atoms with E-state index in [2.05, 4.69) is 0 Å². The van der Waals surface area contributed by atoms with E-state index in [0.717, 1.165) is 25.8 Å². The Hall–Kier alpha value is -1.10. The highest BCUT2D eigenvalue weighted by atomic mass is 16.2. The molecule has 2 amide bonds. The lowest BCUT2D eigenvalue weighted by Crippen LogP contribution is -2.51. The van der Waals surface area contributed by atoms with Gasteiger partial charge in [0.1, 0.15) is 0 Å².